The molecule has 2 aromatic rings. The van der Waals surface area contributed by atoms with E-state index in [2.05, 4.69) is 103 Å². The van der Waals surface area contributed by atoms with Crippen molar-refractivity contribution >= 4 is 83.0 Å². The zero-order valence-electron chi connectivity index (χ0n) is 66.2. The summed E-state index contributed by atoms with van der Waals surface area (Å²) in [6.07, 6.45) is 62.5. The first-order valence-corrected chi connectivity index (χ1v) is 45.7. The van der Waals surface area contributed by atoms with Crippen molar-refractivity contribution < 1.29 is 19.2 Å². The van der Waals surface area contributed by atoms with Gasteiger partial charge in [0.2, 0.25) is 0 Å². The number of unbranched alkanes of at least 4 members (excludes halogenated alkanes) is 33. The number of hydrogen-bond acceptors (Lipinski definition) is 8. The van der Waals surface area contributed by atoms with Gasteiger partial charge >= 0.3 is 0 Å². The summed E-state index contributed by atoms with van der Waals surface area (Å²) >= 11 is 14.2. The van der Waals surface area contributed by atoms with Gasteiger partial charge in [0.05, 0.1) is 54.8 Å². The Labute approximate surface area is 644 Å². The highest BCUT2D eigenvalue weighted by Gasteiger charge is 2.52. The number of hydrogen-bond donors (Lipinski definition) is 2. The number of thiol groups is 2. The maximum Gasteiger partial charge on any atom is 0.261 e. The van der Waals surface area contributed by atoms with E-state index >= 15 is 19.2 Å². The van der Waals surface area contributed by atoms with Gasteiger partial charge in [-0.2, -0.15) is 0 Å². The Kier molecular flexibility index (Phi) is 44.2. The van der Waals surface area contributed by atoms with Gasteiger partial charge in [-0.05, 0) is 111 Å². The zero-order valence-corrected chi connectivity index (χ0v) is 69.7. The molecule has 0 saturated heterocycles. The molecule has 6 rings (SSSR count). The van der Waals surface area contributed by atoms with E-state index in [0.717, 1.165) is 124 Å². The van der Waals surface area contributed by atoms with Crippen LogP contribution in [0.25, 0.3) is 11.4 Å². The minimum Gasteiger partial charge on any atom is -0.306 e. The molecule has 0 radical (unpaired) electrons. The molecule has 4 amide bonds. The average molecular weight is 1480 g/mol. The SMILES string of the molecule is CCCCCCCCC(CCCCCC)CN1C(=O)C2=C(c3cccs3)N(CC(CCCCCC)CCCCCCCC)C(=O)C2=C1/C(S)=C/CC/C=C(\S)C1=C2C(=O)N(CC(CCCCCC)CCCCCCCC)C(c3cccs3)=C2C(=O)N1CC(CCCCCC)CCCCCCCC. The molecule has 574 valence electrons. The van der Waals surface area contributed by atoms with Gasteiger partial charge in [0.1, 0.15) is 0 Å². The molecule has 6 heterocycles. The van der Waals surface area contributed by atoms with E-state index < -0.39 is 0 Å². The lowest BCUT2D eigenvalue weighted by molar-refractivity contribution is -0.125. The van der Waals surface area contributed by atoms with Crippen LogP contribution < -0.4 is 0 Å². The van der Waals surface area contributed by atoms with E-state index in [1.807, 2.05) is 19.6 Å². The predicted octanol–water partition coefficient (Wildman–Crippen LogP) is 27.6. The number of allylic oxidation sites excluding steroid dienone is 2. The Morgan fingerprint density at radius 1 is 0.314 bits per heavy atom. The molecule has 2 aromatic heterocycles. The summed E-state index contributed by atoms with van der Waals surface area (Å²) in [6, 6.07) is 8.37. The second kappa shape index (κ2) is 51.7. The predicted molar refractivity (Wildman–Crippen MR) is 448 cm³/mol. The first-order valence-electron chi connectivity index (χ1n) is 43.1. The summed E-state index contributed by atoms with van der Waals surface area (Å²) in [5.41, 5.74) is 5.13. The maximum absolute atomic E-state index is 15.9. The van der Waals surface area contributed by atoms with Gasteiger partial charge in [-0.15, -0.1) is 47.9 Å². The van der Waals surface area contributed by atoms with Crippen LogP contribution in [0.2, 0.25) is 0 Å². The summed E-state index contributed by atoms with van der Waals surface area (Å²) in [5.74, 6) is 1.04. The fourth-order valence-corrected chi connectivity index (χ4v) is 18.9. The summed E-state index contributed by atoms with van der Waals surface area (Å²) < 4.78 is 0. The number of amides is 4. The van der Waals surface area contributed by atoms with E-state index in [0.29, 0.717) is 106 Å². The van der Waals surface area contributed by atoms with Gasteiger partial charge in [0.15, 0.2) is 0 Å². The molecule has 0 bridgehead atoms. The largest absolute Gasteiger partial charge is 0.306 e. The number of rotatable bonds is 63. The van der Waals surface area contributed by atoms with E-state index in [1.54, 1.807) is 22.7 Å². The third kappa shape index (κ3) is 27.9. The Morgan fingerprint density at radius 2 is 0.529 bits per heavy atom. The number of fused-ring (bicyclic) bond motifs is 2. The van der Waals surface area contributed by atoms with Crippen molar-refractivity contribution in [1.29, 1.82) is 0 Å². The summed E-state index contributed by atoms with van der Waals surface area (Å²) in [4.78, 5) is 75.1. The van der Waals surface area contributed by atoms with Gasteiger partial charge in [0.25, 0.3) is 23.6 Å². The Morgan fingerprint density at radius 3 is 0.765 bits per heavy atom. The van der Waals surface area contributed by atoms with Gasteiger partial charge in [0, 0.05) is 36.0 Å². The van der Waals surface area contributed by atoms with Crippen molar-refractivity contribution in [1.82, 2.24) is 19.6 Å². The van der Waals surface area contributed by atoms with E-state index in [1.165, 1.54) is 205 Å². The first kappa shape index (κ1) is 87.3. The smallest absolute Gasteiger partial charge is 0.261 e. The number of nitrogens with zero attached hydrogens (tertiary/aromatic N) is 4. The van der Waals surface area contributed by atoms with Gasteiger partial charge in [-0.1, -0.05) is 337 Å². The van der Waals surface area contributed by atoms with Gasteiger partial charge in [-0.25, -0.2) is 0 Å². The molecule has 0 saturated carbocycles. The average Bonchev–Trinajstić information content (AvgIpc) is 1.57. The third-order valence-electron chi connectivity index (χ3n) is 22.7. The van der Waals surface area contributed by atoms with Crippen LogP contribution in [-0.2, 0) is 19.2 Å². The van der Waals surface area contributed by atoms with Gasteiger partial charge in [-0.3, -0.25) is 19.2 Å². The van der Waals surface area contributed by atoms with Crippen LogP contribution in [0.3, 0.4) is 0 Å². The minimum absolute atomic E-state index is 0.0560. The maximum atomic E-state index is 15.9. The molecule has 0 fully saturated rings. The quantitative estimate of drug-likeness (QED) is 0.0511. The molecule has 8 nitrogen and oxygen atoms in total. The second-order valence-corrected chi connectivity index (χ2v) is 34.2. The Balaban J connectivity index is 1.44. The molecule has 4 atom stereocenters. The van der Waals surface area contributed by atoms with Crippen LogP contribution >= 0.6 is 47.9 Å². The zero-order chi connectivity index (χ0) is 73.1. The van der Waals surface area contributed by atoms with Crippen LogP contribution in [0.15, 0.2) is 90.7 Å². The fourth-order valence-electron chi connectivity index (χ4n) is 16.6. The van der Waals surface area contributed by atoms with Crippen LogP contribution in [0, 0.1) is 23.7 Å². The minimum atomic E-state index is -0.0560. The van der Waals surface area contributed by atoms with Gasteiger partial charge < -0.3 is 19.6 Å². The lowest BCUT2D eigenvalue weighted by Crippen LogP contribution is -2.35. The van der Waals surface area contributed by atoms with Crippen molar-refractivity contribution in [2.45, 2.75) is 376 Å². The van der Waals surface area contributed by atoms with Crippen molar-refractivity contribution in [3.05, 3.63) is 100 Å². The molecule has 12 heteroatoms. The molecule has 0 aliphatic carbocycles. The standard InChI is InChI=1S/C90H146N4O4S4/c1-9-17-25-33-37-45-57-71(53-41-29-21-13-5)67-91-83(79-81(89(91)97)85(77-63-51-65-101-77)93(87(79)95)69-73(55-43-31-23-15-7)59-47-39-35-27-19-11-3)75(99)61-49-50-62-76(100)84-80-82(90(98)92(84)68-72(54-42-30-22-14-6)58-46-38-34-26-18-10-2)86(78-64-52-66-102-78)94(88(80)96)70-74(56-44-32-24-16-8)60-48-40-36-28-20-12-4/h51-52,61-66,71-74,99-100H,9-50,53-60,67-70H2,1-8H3/b75-61-,76-62-. The molecule has 4 aliphatic heterocycles. The second-order valence-electron chi connectivity index (χ2n) is 31.4. The van der Waals surface area contributed by atoms with E-state index in [-0.39, 0.29) is 23.6 Å². The van der Waals surface area contributed by atoms with Crippen molar-refractivity contribution in [2.75, 3.05) is 26.2 Å². The highest BCUT2D eigenvalue weighted by atomic mass is 32.1. The molecular formula is C90H146N4O4S4. The monoisotopic (exact) mass is 1480 g/mol. The molecule has 0 spiro atoms. The number of carbonyl (C=O) groups is 4. The first-order chi connectivity index (χ1) is 49.9. The number of thiophene rings is 2. The Hall–Kier alpha value is -3.58. The molecule has 4 unspecified atom stereocenters. The molecule has 102 heavy (non-hydrogen) atoms. The lowest BCUT2D eigenvalue weighted by atomic mass is 9.93. The van der Waals surface area contributed by atoms with Crippen molar-refractivity contribution in [3.63, 3.8) is 0 Å². The summed E-state index contributed by atoms with van der Waals surface area (Å²) in [6.45, 7) is 20.6. The van der Waals surface area contributed by atoms with Crippen LogP contribution in [0.4, 0.5) is 0 Å². The van der Waals surface area contributed by atoms with Crippen molar-refractivity contribution in [3.8, 4) is 0 Å². The van der Waals surface area contributed by atoms with E-state index in [9.17, 15) is 0 Å². The lowest BCUT2D eigenvalue weighted by Gasteiger charge is -2.30. The highest BCUT2D eigenvalue weighted by molar-refractivity contribution is 7.85. The summed E-state index contributed by atoms with van der Waals surface area (Å²) in [5, 5.41) is 4.18. The summed E-state index contributed by atoms with van der Waals surface area (Å²) in [7, 11) is 0. The molecule has 4 aliphatic rings. The van der Waals surface area contributed by atoms with Crippen LogP contribution in [-0.4, -0.2) is 69.4 Å². The van der Waals surface area contributed by atoms with Crippen LogP contribution in [0.5, 0.6) is 0 Å². The van der Waals surface area contributed by atoms with E-state index in [4.69, 9.17) is 25.3 Å². The topological polar surface area (TPSA) is 81.2 Å². The molecular weight excluding hydrogens is 1330 g/mol. The number of carbonyl (C=O) groups excluding carboxylic acids is 4. The van der Waals surface area contributed by atoms with Crippen molar-refractivity contribution in [2.24, 2.45) is 23.7 Å². The van der Waals surface area contributed by atoms with Crippen LogP contribution in [0.1, 0.15) is 386 Å². The Bertz CT molecular complexity index is 2720. The fraction of sp³-hybridized carbons (Fsp3) is 0.733. The molecule has 0 N–H and O–H groups in total. The molecule has 0 aromatic carbocycles. The highest BCUT2D eigenvalue weighted by Crippen LogP contribution is 2.50. The third-order valence-corrected chi connectivity index (χ3v) is 25.2. The normalized spacial score (nSPS) is 16.5.